The fraction of sp³-hybridized carbons (Fsp3) is 0. The second-order valence-corrected chi connectivity index (χ2v) is 15.3. The van der Waals surface area contributed by atoms with E-state index in [1.807, 2.05) is 121 Å². The number of benzene rings is 9. The molecular formula is C57H37N5. The second-order valence-electron chi connectivity index (χ2n) is 15.3. The highest BCUT2D eigenvalue weighted by Crippen LogP contribution is 2.44. The summed E-state index contributed by atoms with van der Waals surface area (Å²) in [5.41, 5.74) is 10.7. The van der Waals surface area contributed by atoms with Gasteiger partial charge >= 0.3 is 0 Å². The molecule has 0 aliphatic rings. The van der Waals surface area contributed by atoms with Crippen molar-refractivity contribution in [3.8, 4) is 67.8 Å². The van der Waals surface area contributed by atoms with Crippen molar-refractivity contribution < 1.29 is 6.85 Å². The smallest absolute Gasteiger partial charge is 0.238 e. The summed E-state index contributed by atoms with van der Waals surface area (Å²) in [6, 6.07) is 63.7. The Kier molecular flexibility index (Phi) is 7.25. The monoisotopic (exact) mass is 796 g/mol. The molecule has 0 bridgehead atoms. The van der Waals surface area contributed by atoms with E-state index >= 15 is 0 Å². The van der Waals surface area contributed by atoms with E-state index in [2.05, 4.69) is 81.9 Å². The fourth-order valence-corrected chi connectivity index (χ4v) is 8.87. The predicted octanol–water partition coefficient (Wildman–Crippen LogP) is 14.4. The summed E-state index contributed by atoms with van der Waals surface area (Å²) in [6.45, 7) is 0. The van der Waals surface area contributed by atoms with Gasteiger partial charge in [0.15, 0.2) is 11.6 Å². The lowest BCUT2D eigenvalue weighted by atomic mass is 9.98. The first-order valence-corrected chi connectivity index (χ1v) is 20.5. The zero-order chi connectivity index (χ0) is 45.3. The third-order valence-corrected chi connectivity index (χ3v) is 11.7. The van der Waals surface area contributed by atoms with Crippen molar-refractivity contribution in [2.24, 2.45) is 0 Å². The van der Waals surface area contributed by atoms with Crippen molar-refractivity contribution in [2.45, 2.75) is 0 Å². The van der Waals surface area contributed by atoms with Gasteiger partial charge in [0.2, 0.25) is 5.95 Å². The van der Waals surface area contributed by atoms with Crippen LogP contribution in [0.4, 0.5) is 0 Å². The molecule has 0 fully saturated rings. The molecule has 0 atom stereocenters. The standard InChI is InChI=1S/C57H37N5/c1-5-18-38(19-6-1)42-26-17-27-44(36-42)56-58-55(41-24-11-4-12-25-41)59-57(60-56)62-51-31-16-14-29-47(51)49-35-34-48-46-28-13-15-30-50(46)61(53(48)54(49)62)52-37-43(39-20-7-2-8-21-39)32-33-45(52)40-22-9-3-10-23-40/h1-37H/i2D,7D,8D,20D,21D. The molecule has 5 heteroatoms. The summed E-state index contributed by atoms with van der Waals surface area (Å²) in [4.78, 5) is 15.8. The van der Waals surface area contributed by atoms with Gasteiger partial charge in [0.1, 0.15) is 0 Å². The van der Waals surface area contributed by atoms with Crippen LogP contribution in [0.5, 0.6) is 0 Å². The number of rotatable bonds is 7. The summed E-state index contributed by atoms with van der Waals surface area (Å²) in [5.74, 6) is 1.50. The van der Waals surface area contributed by atoms with Crippen molar-refractivity contribution in [1.29, 1.82) is 0 Å². The maximum absolute atomic E-state index is 9.00. The van der Waals surface area contributed by atoms with E-state index in [4.69, 9.17) is 21.8 Å². The van der Waals surface area contributed by atoms with Crippen LogP contribution in [0.1, 0.15) is 6.85 Å². The van der Waals surface area contributed by atoms with E-state index in [-0.39, 0.29) is 29.7 Å². The molecular weight excluding hydrogens is 755 g/mol. The maximum atomic E-state index is 9.00. The molecule has 0 saturated carbocycles. The van der Waals surface area contributed by atoms with Crippen LogP contribution >= 0.6 is 0 Å². The maximum Gasteiger partial charge on any atom is 0.238 e. The van der Waals surface area contributed by atoms with Crippen LogP contribution in [0.3, 0.4) is 0 Å². The van der Waals surface area contributed by atoms with Gasteiger partial charge in [-0.3, -0.25) is 4.57 Å². The van der Waals surface area contributed by atoms with E-state index in [0.717, 1.165) is 82.7 Å². The Labute approximate surface area is 365 Å². The first-order chi connectivity index (χ1) is 32.8. The molecule has 5 nitrogen and oxygen atoms in total. The lowest BCUT2D eigenvalue weighted by molar-refractivity contribution is 0.953. The van der Waals surface area contributed by atoms with Crippen molar-refractivity contribution >= 4 is 43.6 Å². The number of fused-ring (bicyclic) bond motifs is 7. The first-order valence-electron chi connectivity index (χ1n) is 23.0. The van der Waals surface area contributed by atoms with Gasteiger partial charge in [0.25, 0.3) is 0 Å². The molecule has 0 amide bonds. The van der Waals surface area contributed by atoms with E-state index in [1.165, 1.54) is 0 Å². The number of nitrogens with zero attached hydrogens (tertiary/aromatic N) is 5. The highest BCUT2D eigenvalue weighted by atomic mass is 15.2. The van der Waals surface area contributed by atoms with Crippen LogP contribution in [-0.4, -0.2) is 24.1 Å². The van der Waals surface area contributed by atoms with Crippen molar-refractivity contribution in [1.82, 2.24) is 24.1 Å². The number of hydrogen-bond donors (Lipinski definition) is 0. The normalized spacial score (nSPS) is 12.7. The molecule has 0 saturated heterocycles. The second kappa shape index (κ2) is 14.7. The summed E-state index contributed by atoms with van der Waals surface area (Å²) < 4.78 is 47.9. The summed E-state index contributed by atoms with van der Waals surface area (Å²) in [7, 11) is 0. The number of hydrogen-bond acceptors (Lipinski definition) is 3. The molecule has 9 aromatic carbocycles. The molecule has 12 aromatic rings. The molecule has 290 valence electrons. The molecule has 0 unspecified atom stereocenters. The third kappa shape index (κ3) is 5.90. The van der Waals surface area contributed by atoms with Gasteiger partial charge in [-0.1, -0.05) is 200 Å². The molecule has 0 N–H and O–H groups in total. The zero-order valence-corrected chi connectivity index (χ0v) is 33.2. The molecule has 12 rings (SSSR count). The number of para-hydroxylation sites is 2. The van der Waals surface area contributed by atoms with Crippen LogP contribution in [0, 0.1) is 0 Å². The Morgan fingerprint density at radius 1 is 0.339 bits per heavy atom. The third-order valence-electron chi connectivity index (χ3n) is 11.7. The van der Waals surface area contributed by atoms with Gasteiger partial charge in [0, 0.05) is 38.2 Å². The van der Waals surface area contributed by atoms with Crippen LogP contribution in [0.2, 0.25) is 0 Å². The quantitative estimate of drug-likeness (QED) is 0.161. The van der Waals surface area contributed by atoms with Crippen molar-refractivity contribution in [3.05, 3.63) is 224 Å². The summed E-state index contributed by atoms with van der Waals surface area (Å²) in [6.07, 6.45) is 0. The van der Waals surface area contributed by atoms with Crippen LogP contribution in [0.25, 0.3) is 111 Å². The largest absolute Gasteiger partial charge is 0.307 e. The molecule has 62 heavy (non-hydrogen) atoms. The Hall–Kier alpha value is -8.41. The minimum absolute atomic E-state index is 0.134. The minimum atomic E-state index is -0.432. The summed E-state index contributed by atoms with van der Waals surface area (Å²) >= 11 is 0. The molecule has 3 heterocycles. The van der Waals surface area contributed by atoms with Gasteiger partial charge in [-0.25, -0.2) is 4.98 Å². The Morgan fingerprint density at radius 2 is 0.855 bits per heavy atom. The van der Waals surface area contributed by atoms with E-state index < -0.39 is 6.04 Å². The topological polar surface area (TPSA) is 48.5 Å². The zero-order valence-electron chi connectivity index (χ0n) is 38.2. The molecule has 3 aromatic heterocycles. The van der Waals surface area contributed by atoms with Crippen LogP contribution in [0.15, 0.2) is 224 Å². The van der Waals surface area contributed by atoms with Gasteiger partial charge in [-0.15, -0.1) is 0 Å². The lowest BCUT2D eigenvalue weighted by Crippen LogP contribution is -2.07. The molecule has 0 spiro atoms. The van der Waals surface area contributed by atoms with E-state index in [0.29, 0.717) is 23.2 Å². The van der Waals surface area contributed by atoms with Crippen LogP contribution in [-0.2, 0) is 0 Å². The van der Waals surface area contributed by atoms with Crippen molar-refractivity contribution in [3.63, 3.8) is 0 Å². The molecule has 0 radical (unpaired) electrons. The molecule has 0 aliphatic carbocycles. The van der Waals surface area contributed by atoms with E-state index in [9.17, 15) is 0 Å². The predicted molar refractivity (Wildman–Crippen MR) is 256 cm³/mol. The average molecular weight is 797 g/mol. The Balaban J connectivity index is 1.22. The highest BCUT2D eigenvalue weighted by Gasteiger charge is 2.25. The highest BCUT2D eigenvalue weighted by molar-refractivity contribution is 6.24. The SMILES string of the molecule is [2H]c1c([2H])c([2H])c(-c2ccc(-c3ccccc3)c(-n3c4ccccc4c4ccc5c6ccccc6n(-c6nc(-c7ccccc7)nc(-c7cccc(-c8ccccc8)c7)n6)c5c43)c2)c([2H])c1[2H]. The van der Waals surface area contributed by atoms with Gasteiger partial charge in [-0.2, -0.15) is 9.97 Å². The molecule has 0 aliphatic heterocycles. The van der Waals surface area contributed by atoms with Gasteiger partial charge < -0.3 is 4.57 Å². The average Bonchev–Trinajstić information content (AvgIpc) is 3.91. The fourth-order valence-electron chi connectivity index (χ4n) is 8.87. The lowest BCUT2D eigenvalue weighted by Gasteiger charge is -2.17. The number of aromatic nitrogens is 5. The first kappa shape index (κ1) is 30.6. The van der Waals surface area contributed by atoms with Crippen LogP contribution < -0.4 is 0 Å². The van der Waals surface area contributed by atoms with Gasteiger partial charge in [0.05, 0.1) is 34.6 Å². The summed E-state index contributed by atoms with van der Waals surface area (Å²) in [5, 5.41) is 4.01. The minimum Gasteiger partial charge on any atom is -0.307 e. The van der Waals surface area contributed by atoms with Gasteiger partial charge in [-0.05, 0) is 52.1 Å². The van der Waals surface area contributed by atoms with Crippen molar-refractivity contribution in [2.75, 3.05) is 0 Å². The van der Waals surface area contributed by atoms with E-state index in [1.54, 1.807) is 0 Å². The Bertz CT molecular complexity index is 3890. The Morgan fingerprint density at radius 3 is 1.53 bits per heavy atom.